The summed E-state index contributed by atoms with van der Waals surface area (Å²) in [5, 5.41) is -0.747. The SMILES string of the molecule is C=CP(=O)(OC)OC.C=CS(=O)(=O)[O-].CCC(CC(C)S(=O)(=O)[O-])P(=O)(OC)OC.[Na+].[Na+]. The molecule has 2 atom stereocenters. The molecule has 0 radical (unpaired) electrons. The van der Waals surface area contributed by atoms with E-state index >= 15 is 0 Å². The second kappa shape index (κ2) is 20.8. The van der Waals surface area contributed by atoms with Crippen molar-refractivity contribution in [3.05, 3.63) is 24.4 Å². The van der Waals surface area contributed by atoms with Crippen molar-refractivity contribution < 1.29 is 112 Å². The van der Waals surface area contributed by atoms with Gasteiger partial charge in [-0.15, -0.1) is 0 Å². The van der Waals surface area contributed by atoms with Crippen LogP contribution >= 0.6 is 15.2 Å². The summed E-state index contributed by atoms with van der Waals surface area (Å²) < 4.78 is 102. The van der Waals surface area contributed by atoms with Gasteiger partial charge in [0.2, 0.25) is 0 Å². The zero-order valence-electron chi connectivity index (χ0n) is 19.7. The van der Waals surface area contributed by atoms with Crippen LogP contribution in [0.1, 0.15) is 26.7 Å². The maximum Gasteiger partial charge on any atom is 1.00 e. The molecule has 0 rings (SSSR count). The summed E-state index contributed by atoms with van der Waals surface area (Å²) in [6, 6.07) is 0. The van der Waals surface area contributed by atoms with E-state index in [1.165, 1.54) is 35.4 Å². The van der Waals surface area contributed by atoms with Crippen LogP contribution in [0.4, 0.5) is 0 Å². The summed E-state index contributed by atoms with van der Waals surface area (Å²) >= 11 is 0. The van der Waals surface area contributed by atoms with Crippen LogP contribution in [-0.4, -0.2) is 65.3 Å². The number of rotatable bonds is 11. The van der Waals surface area contributed by atoms with Crippen LogP contribution in [-0.2, 0) is 47.5 Å². The van der Waals surface area contributed by atoms with Crippen LogP contribution in [0.5, 0.6) is 0 Å². The van der Waals surface area contributed by atoms with E-state index in [2.05, 4.69) is 22.2 Å². The molecular weight excluding hydrogens is 532 g/mol. The Hall–Kier alpha value is 1.60. The first-order chi connectivity index (χ1) is 13.5. The molecule has 0 aliphatic heterocycles. The van der Waals surface area contributed by atoms with Gasteiger partial charge in [-0.3, -0.25) is 9.13 Å². The molecule has 0 saturated heterocycles. The second-order valence-corrected chi connectivity index (χ2v) is 13.1. The molecule has 32 heavy (non-hydrogen) atoms. The predicted octanol–water partition coefficient (Wildman–Crippen LogP) is -3.13. The van der Waals surface area contributed by atoms with Gasteiger partial charge in [0, 0.05) is 44.9 Å². The van der Waals surface area contributed by atoms with Gasteiger partial charge in [0.15, 0.2) is 0 Å². The Morgan fingerprint density at radius 2 is 1.25 bits per heavy atom. The van der Waals surface area contributed by atoms with Crippen LogP contribution in [0.3, 0.4) is 0 Å². The normalized spacial score (nSPS) is 13.4. The quantitative estimate of drug-likeness (QED) is 0.140. The Bertz CT molecular complexity index is 790. The molecule has 0 bridgehead atoms. The average molecular weight is 562 g/mol. The fourth-order valence-corrected chi connectivity index (χ4v) is 4.44. The van der Waals surface area contributed by atoms with Crippen molar-refractivity contribution in [3.63, 3.8) is 0 Å². The summed E-state index contributed by atoms with van der Waals surface area (Å²) in [5.74, 6) is 1.16. The third-order valence-corrected chi connectivity index (χ3v) is 9.00. The van der Waals surface area contributed by atoms with Gasteiger partial charge in [-0.05, 0) is 19.8 Å². The van der Waals surface area contributed by atoms with Gasteiger partial charge in [0.05, 0.1) is 15.8 Å². The fraction of sp³-hybridized carbons (Fsp3) is 0.714. The number of hydrogen-bond donors (Lipinski definition) is 0. The van der Waals surface area contributed by atoms with Crippen molar-refractivity contribution in [2.24, 2.45) is 0 Å². The Balaban J connectivity index is -0.000000128. The molecule has 0 fully saturated rings. The van der Waals surface area contributed by atoms with E-state index in [0.717, 1.165) is 5.82 Å². The first-order valence-electron chi connectivity index (χ1n) is 8.04. The summed E-state index contributed by atoms with van der Waals surface area (Å²) in [5.41, 5.74) is -0.582. The maximum absolute atomic E-state index is 12.0. The average Bonchev–Trinajstić information content (AvgIpc) is 2.70. The minimum atomic E-state index is -4.37. The first kappa shape index (κ1) is 43.7. The summed E-state index contributed by atoms with van der Waals surface area (Å²) in [6.07, 6.45) is 0.389. The molecule has 0 aromatic rings. The summed E-state index contributed by atoms with van der Waals surface area (Å²) in [6.45, 7) is 9.02. The van der Waals surface area contributed by atoms with Crippen molar-refractivity contribution in [1.29, 1.82) is 0 Å². The molecule has 0 aromatic heterocycles. The minimum absolute atomic E-state index is 0. The second-order valence-electron chi connectivity index (χ2n) is 5.25. The zero-order chi connectivity index (χ0) is 24.8. The molecule has 12 nitrogen and oxygen atoms in total. The molecule has 18 heteroatoms. The van der Waals surface area contributed by atoms with Crippen molar-refractivity contribution in [1.82, 2.24) is 0 Å². The Morgan fingerprint density at radius 1 is 0.906 bits per heavy atom. The van der Waals surface area contributed by atoms with Gasteiger partial charge >= 0.3 is 74.3 Å². The van der Waals surface area contributed by atoms with Crippen LogP contribution in [0.2, 0.25) is 0 Å². The molecule has 0 amide bonds. The molecule has 182 valence electrons. The molecule has 2 unspecified atom stereocenters. The standard InChI is InChI=1S/C8H19O6PS.C4H9O3P.C2H4O3S.2Na/c1-5-8(15(9,13-3)14-4)6-7(2)16(10,11)12;1-4-8(5,6-2)7-3;1-2-6(3,4)5;;/h7-8H,5-6H2,1-4H3,(H,10,11,12);4H,1H2,2-3H3;2H,1H2,(H,3,4,5);;/q;;;2*+1/p-2. The summed E-state index contributed by atoms with van der Waals surface area (Å²) in [7, 11) is -9.63. The van der Waals surface area contributed by atoms with Crippen LogP contribution < -0.4 is 59.1 Å². The van der Waals surface area contributed by atoms with Crippen molar-refractivity contribution in [2.45, 2.75) is 37.6 Å². The van der Waals surface area contributed by atoms with Crippen molar-refractivity contribution in [2.75, 3.05) is 28.4 Å². The van der Waals surface area contributed by atoms with Crippen LogP contribution in [0, 0.1) is 0 Å². The van der Waals surface area contributed by atoms with E-state index in [-0.39, 0.29) is 65.5 Å². The van der Waals surface area contributed by atoms with E-state index in [1.807, 2.05) is 0 Å². The van der Waals surface area contributed by atoms with Gasteiger partial charge in [-0.2, -0.15) is 0 Å². The van der Waals surface area contributed by atoms with Gasteiger partial charge in [0.25, 0.3) is 0 Å². The number of hydrogen-bond acceptors (Lipinski definition) is 12. The van der Waals surface area contributed by atoms with Crippen molar-refractivity contribution >= 4 is 35.4 Å². The van der Waals surface area contributed by atoms with E-state index in [9.17, 15) is 35.1 Å². The van der Waals surface area contributed by atoms with Crippen molar-refractivity contribution in [3.8, 4) is 0 Å². The minimum Gasteiger partial charge on any atom is -0.748 e. The van der Waals surface area contributed by atoms with E-state index in [4.69, 9.17) is 9.05 Å². The predicted molar refractivity (Wildman–Crippen MR) is 111 cm³/mol. The Kier molecular flexibility index (Phi) is 28.3. The molecule has 0 saturated carbocycles. The van der Waals surface area contributed by atoms with Gasteiger partial charge in [-0.1, -0.05) is 20.1 Å². The summed E-state index contributed by atoms with van der Waals surface area (Å²) in [4.78, 5) is 0. The van der Waals surface area contributed by atoms with E-state index < -0.39 is 46.3 Å². The zero-order valence-corrected chi connectivity index (χ0v) is 27.2. The molecule has 0 N–H and O–H groups in total. The first-order valence-corrected chi connectivity index (χ1v) is 14.2. The fourth-order valence-electron chi connectivity index (χ4n) is 1.62. The molecule has 0 aliphatic carbocycles. The third-order valence-electron chi connectivity index (χ3n) is 3.46. The molecule has 0 aromatic carbocycles. The van der Waals surface area contributed by atoms with Gasteiger partial charge < -0.3 is 27.2 Å². The smallest absolute Gasteiger partial charge is 0.748 e. The molecule has 0 spiro atoms. The maximum atomic E-state index is 12.0. The Labute approximate surface area is 236 Å². The topological polar surface area (TPSA) is 185 Å². The molecule has 0 aliphatic rings. The van der Waals surface area contributed by atoms with E-state index in [1.54, 1.807) is 6.92 Å². The Morgan fingerprint density at radius 3 is 1.38 bits per heavy atom. The van der Waals surface area contributed by atoms with E-state index in [0.29, 0.717) is 11.8 Å². The third kappa shape index (κ3) is 20.9. The molecular formula is C14H30Na2O12P2S2. The monoisotopic (exact) mass is 562 g/mol. The molecule has 0 heterocycles. The van der Waals surface area contributed by atoms with Crippen LogP contribution in [0.15, 0.2) is 24.4 Å². The van der Waals surface area contributed by atoms with Crippen LogP contribution in [0.25, 0.3) is 0 Å². The van der Waals surface area contributed by atoms with Gasteiger partial charge in [-0.25, -0.2) is 16.8 Å². The van der Waals surface area contributed by atoms with Gasteiger partial charge in [0.1, 0.15) is 10.1 Å². The largest absolute Gasteiger partial charge is 1.00 e.